The van der Waals surface area contributed by atoms with Crippen LogP contribution >= 0.6 is 11.3 Å². The predicted octanol–water partition coefficient (Wildman–Crippen LogP) is 4.66. The number of anilines is 1. The van der Waals surface area contributed by atoms with E-state index in [1.165, 1.54) is 23.0 Å². The van der Waals surface area contributed by atoms with E-state index in [1.54, 1.807) is 13.2 Å². The van der Waals surface area contributed by atoms with Crippen molar-refractivity contribution >= 4 is 38.7 Å². The number of thiazole rings is 1. The Balaban J connectivity index is 1.70. The van der Waals surface area contributed by atoms with Crippen molar-refractivity contribution in [2.24, 2.45) is 0 Å². The molecule has 5 nitrogen and oxygen atoms in total. The third kappa shape index (κ3) is 4.21. The Labute approximate surface area is 156 Å². The molecule has 0 fully saturated rings. The SMILES string of the molecule is CCOc1ccc(C=CC(=O)Nc2nc3ccc(C)cc3s2)cc1OC. The maximum absolute atomic E-state index is 12.2. The van der Waals surface area contributed by atoms with Crippen molar-refractivity contribution in [1.82, 2.24) is 4.98 Å². The third-order valence-corrected chi connectivity index (χ3v) is 4.62. The summed E-state index contributed by atoms with van der Waals surface area (Å²) >= 11 is 1.46. The van der Waals surface area contributed by atoms with Gasteiger partial charge in [-0.25, -0.2) is 4.98 Å². The maximum atomic E-state index is 12.2. The largest absolute Gasteiger partial charge is 0.493 e. The molecule has 0 bridgehead atoms. The number of hydrogen-bond donors (Lipinski definition) is 1. The summed E-state index contributed by atoms with van der Waals surface area (Å²) in [6.07, 6.45) is 3.21. The number of ether oxygens (including phenoxy) is 2. The van der Waals surface area contributed by atoms with Crippen LogP contribution in [0.4, 0.5) is 5.13 Å². The molecule has 1 heterocycles. The van der Waals surface area contributed by atoms with E-state index < -0.39 is 0 Å². The summed E-state index contributed by atoms with van der Waals surface area (Å²) in [5.41, 5.74) is 2.90. The lowest BCUT2D eigenvalue weighted by Gasteiger charge is -2.09. The minimum Gasteiger partial charge on any atom is -0.493 e. The van der Waals surface area contributed by atoms with Crippen LogP contribution in [0.3, 0.4) is 0 Å². The summed E-state index contributed by atoms with van der Waals surface area (Å²) in [7, 11) is 1.59. The van der Waals surface area contributed by atoms with Gasteiger partial charge in [0.2, 0.25) is 5.91 Å². The van der Waals surface area contributed by atoms with Gasteiger partial charge in [0.25, 0.3) is 0 Å². The molecule has 0 saturated heterocycles. The molecule has 0 atom stereocenters. The standard InChI is InChI=1S/C20H20N2O3S/c1-4-25-16-9-6-14(12-17(16)24-3)7-10-19(23)22-20-21-15-8-5-13(2)11-18(15)26-20/h5-12H,4H2,1-3H3,(H,21,22,23). The Morgan fingerprint density at radius 2 is 2.08 bits per heavy atom. The van der Waals surface area contributed by atoms with E-state index in [0.29, 0.717) is 23.2 Å². The van der Waals surface area contributed by atoms with Crippen molar-refractivity contribution in [2.45, 2.75) is 13.8 Å². The Kier molecular flexibility index (Phi) is 5.53. The predicted molar refractivity (Wildman–Crippen MR) is 106 cm³/mol. The molecule has 0 aliphatic heterocycles. The smallest absolute Gasteiger partial charge is 0.250 e. The molecule has 1 aromatic heterocycles. The van der Waals surface area contributed by atoms with E-state index in [4.69, 9.17) is 9.47 Å². The van der Waals surface area contributed by atoms with Crippen molar-refractivity contribution in [3.63, 3.8) is 0 Å². The van der Waals surface area contributed by atoms with E-state index in [1.807, 2.05) is 44.2 Å². The van der Waals surface area contributed by atoms with E-state index in [0.717, 1.165) is 15.8 Å². The number of carbonyl (C=O) groups excluding carboxylic acids is 1. The first-order valence-corrected chi connectivity index (χ1v) is 9.08. The van der Waals surface area contributed by atoms with E-state index >= 15 is 0 Å². The van der Waals surface area contributed by atoms with Crippen LogP contribution in [0, 0.1) is 6.92 Å². The number of aryl methyl sites for hydroxylation is 1. The molecule has 134 valence electrons. The van der Waals surface area contributed by atoms with Gasteiger partial charge in [-0.1, -0.05) is 23.5 Å². The van der Waals surface area contributed by atoms with Crippen LogP contribution in [0.2, 0.25) is 0 Å². The number of nitrogens with zero attached hydrogens (tertiary/aromatic N) is 1. The molecule has 3 rings (SSSR count). The zero-order valence-corrected chi connectivity index (χ0v) is 15.7. The second kappa shape index (κ2) is 8.01. The second-order valence-corrected chi connectivity index (χ2v) is 6.69. The lowest BCUT2D eigenvalue weighted by molar-refractivity contribution is -0.111. The fourth-order valence-electron chi connectivity index (χ4n) is 2.47. The first-order valence-electron chi connectivity index (χ1n) is 8.26. The number of carbonyl (C=O) groups is 1. The number of rotatable bonds is 6. The van der Waals surface area contributed by atoms with Crippen LogP contribution in [0.1, 0.15) is 18.1 Å². The van der Waals surface area contributed by atoms with Crippen LogP contribution in [-0.4, -0.2) is 24.6 Å². The quantitative estimate of drug-likeness (QED) is 0.643. The van der Waals surface area contributed by atoms with Crippen molar-refractivity contribution in [3.8, 4) is 11.5 Å². The molecule has 26 heavy (non-hydrogen) atoms. The minimum absolute atomic E-state index is 0.228. The van der Waals surface area contributed by atoms with Gasteiger partial charge >= 0.3 is 0 Å². The molecule has 1 N–H and O–H groups in total. The summed E-state index contributed by atoms with van der Waals surface area (Å²) in [4.78, 5) is 16.6. The zero-order chi connectivity index (χ0) is 18.5. The molecule has 0 radical (unpaired) electrons. The highest BCUT2D eigenvalue weighted by atomic mass is 32.1. The number of hydrogen-bond acceptors (Lipinski definition) is 5. The fourth-order valence-corrected chi connectivity index (χ4v) is 3.43. The van der Waals surface area contributed by atoms with Crippen LogP contribution < -0.4 is 14.8 Å². The molecule has 2 aromatic carbocycles. The second-order valence-electron chi connectivity index (χ2n) is 5.66. The molecule has 0 spiro atoms. The van der Waals surface area contributed by atoms with Crippen LogP contribution in [0.15, 0.2) is 42.5 Å². The van der Waals surface area contributed by atoms with Crippen molar-refractivity contribution < 1.29 is 14.3 Å². The summed E-state index contributed by atoms with van der Waals surface area (Å²) in [5.74, 6) is 1.09. The zero-order valence-electron chi connectivity index (χ0n) is 14.9. The molecule has 1 amide bonds. The Morgan fingerprint density at radius 1 is 1.23 bits per heavy atom. The summed E-state index contributed by atoms with van der Waals surface area (Å²) in [5, 5.41) is 3.39. The fraction of sp³-hybridized carbons (Fsp3) is 0.200. The topological polar surface area (TPSA) is 60.5 Å². The number of benzene rings is 2. The Bertz CT molecular complexity index is 963. The van der Waals surface area contributed by atoms with E-state index in [-0.39, 0.29) is 5.91 Å². The van der Waals surface area contributed by atoms with Gasteiger partial charge in [-0.2, -0.15) is 0 Å². The number of methoxy groups -OCH3 is 1. The van der Waals surface area contributed by atoms with Gasteiger partial charge < -0.3 is 9.47 Å². The molecule has 0 aliphatic carbocycles. The molecular formula is C20H20N2O3S. The number of nitrogens with one attached hydrogen (secondary N) is 1. The van der Waals surface area contributed by atoms with E-state index in [9.17, 15) is 4.79 Å². The van der Waals surface area contributed by atoms with Gasteiger partial charge in [-0.3, -0.25) is 10.1 Å². The van der Waals surface area contributed by atoms with Gasteiger partial charge in [-0.05, 0) is 55.3 Å². The van der Waals surface area contributed by atoms with Crippen LogP contribution in [-0.2, 0) is 4.79 Å². The third-order valence-electron chi connectivity index (χ3n) is 3.69. The maximum Gasteiger partial charge on any atom is 0.250 e. The molecular weight excluding hydrogens is 348 g/mol. The summed E-state index contributed by atoms with van der Waals surface area (Å²) in [6, 6.07) is 11.6. The number of fused-ring (bicyclic) bond motifs is 1. The van der Waals surface area contributed by atoms with E-state index in [2.05, 4.69) is 16.4 Å². The lowest BCUT2D eigenvalue weighted by atomic mass is 10.2. The van der Waals surface area contributed by atoms with Gasteiger partial charge in [0.15, 0.2) is 16.6 Å². The lowest BCUT2D eigenvalue weighted by Crippen LogP contribution is -2.07. The molecule has 3 aromatic rings. The van der Waals surface area contributed by atoms with Crippen molar-refractivity contribution in [1.29, 1.82) is 0 Å². The van der Waals surface area contributed by atoms with Crippen molar-refractivity contribution in [3.05, 3.63) is 53.6 Å². The van der Waals surface area contributed by atoms with Gasteiger partial charge in [0, 0.05) is 6.08 Å². The molecule has 6 heteroatoms. The molecule has 0 saturated carbocycles. The minimum atomic E-state index is -0.228. The van der Waals surface area contributed by atoms with Gasteiger partial charge in [0.05, 0.1) is 23.9 Å². The summed E-state index contributed by atoms with van der Waals surface area (Å²) in [6.45, 7) is 4.52. The first-order chi connectivity index (χ1) is 12.6. The Morgan fingerprint density at radius 3 is 2.85 bits per heavy atom. The van der Waals surface area contributed by atoms with Gasteiger partial charge in [-0.15, -0.1) is 0 Å². The highest BCUT2D eigenvalue weighted by molar-refractivity contribution is 7.22. The van der Waals surface area contributed by atoms with Gasteiger partial charge in [0.1, 0.15) is 0 Å². The van der Waals surface area contributed by atoms with Crippen molar-refractivity contribution in [2.75, 3.05) is 19.0 Å². The number of aromatic nitrogens is 1. The summed E-state index contributed by atoms with van der Waals surface area (Å²) < 4.78 is 11.9. The Hall–Kier alpha value is -2.86. The normalized spacial score (nSPS) is 11.0. The highest BCUT2D eigenvalue weighted by Gasteiger charge is 2.07. The molecule has 0 unspecified atom stereocenters. The van der Waals surface area contributed by atoms with Crippen LogP contribution in [0.5, 0.6) is 11.5 Å². The highest BCUT2D eigenvalue weighted by Crippen LogP contribution is 2.29. The van der Waals surface area contributed by atoms with Crippen LogP contribution in [0.25, 0.3) is 16.3 Å². The average molecular weight is 368 g/mol. The average Bonchev–Trinajstić information content (AvgIpc) is 3.02. The molecule has 0 aliphatic rings. The first kappa shape index (κ1) is 17.9. The number of amides is 1. The monoisotopic (exact) mass is 368 g/mol.